The number of benzene rings is 4. The van der Waals surface area contributed by atoms with Gasteiger partial charge in [0.1, 0.15) is 11.4 Å². The third-order valence-corrected chi connectivity index (χ3v) is 11.9. The van der Waals surface area contributed by atoms with Crippen LogP contribution in [0.4, 0.5) is 5.69 Å². The van der Waals surface area contributed by atoms with Crippen molar-refractivity contribution in [3.05, 3.63) is 107 Å². The van der Waals surface area contributed by atoms with Crippen molar-refractivity contribution in [2.45, 2.75) is 155 Å². The lowest BCUT2D eigenvalue weighted by molar-refractivity contribution is 0.106. The molecule has 296 valence electrons. The number of aryl methyl sites for hydroxylation is 2. The normalized spacial score (nSPS) is 12.5. The number of carbonyl (C=O) groups excluding carboxylic acids is 1. The number of aliphatic imine (C=N–C) groups is 1. The Hall–Kier alpha value is -4.44. The fourth-order valence-electron chi connectivity index (χ4n) is 8.35. The summed E-state index contributed by atoms with van der Waals surface area (Å²) in [5.41, 5.74) is 9.61. The number of Topliss-reactive ketones (excluding diaryl/α,β-unsaturated/α-hetero) is 1. The molecule has 4 nitrogen and oxygen atoms in total. The number of hydrogen-bond acceptors (Lipinski definition) is 3. The summed E-state index contributed by atoms with van der Waals surface area (Å²) in [4.78, 5) is 21.8. The highest BCUT2D eigenvalue weighted by Gasteiger charge is 2.30. The number of H-pyrrole nitrogens is 1. The second-order valence-electron chi connectivity index (χ2n) is 16.4. The van der Waals surface area contributed by atoms with E-state index in [-0.39, 0.29) is 17.2 Å². The molecule has 0 atom stereocenters. The molecule has 0 saturated heterocycles. The van der Waals surface area contributed by atoms with E-state index in [1.165, 1.54) is 140 Å². The monoisotopic (exact) mass is 751 g/mol. The van der Waals surface area contributed by atoms with E-state index in [4.69, 9.17) is 4.99 Å². The van der Waals surface area contributed by atoms with E-state index in [0.717, 1.165) is 40.6 Å². The second-order valence-corrected chi connectivity index (χ2v) is 16.4. The van der Waals surface area contributed by atoms with Gasteiger partial charge < -0.3 is 10.1 Å². The quantitative estimate of drug-likeness (QED) is 0.0583. The molecular weight excluding hydrogens is 685 g/mol. The molecular formula is C52H66N2O2. The first-order valence-corrected chi connectivity index (χ1v) is 22.4. The molecule has 1 aliphatic rings. The van der Waals surface area contributed by atoms with Crippen LogP contribution in [-0.4, -0.2) is 21.6 Å². The van der Waals surface area contributed by atoms with E-state index in [1.54, 1.807) is 0 Å². The summed E-state index contributed by atoms with van der Waals surface area (Å²) >= 11 is 0. The lowest BCUT2D eigenvalue weighted by Gasteiger charge is -2.07. The van der Waals surface area contributed by atoms with Crippen LogP contribution in [0.15, 0.2) is 89.9 Å². The van der Waals surface area contributed by atoms with Crippen LogP contribution in [0.3, 0.4) is 0 Å². The molecule has 0 fully saturated rings. The van der Waals surface area contributed by atoms with E-state index in [1.807, 2.05) is 30.3 Å². The number of nitrogens with one attached hydrogen (secondary N) is 1. The summed E-state index contributed by atoms with van der Waals surface area (Å²) in [5.74, 6) is -0.0999. The van der Waals surface area contributed by atoms with Gasteiger partial charge in [0.05, 0.1) is 11.3 Å². The van der Waals surface area contributed by atoms with E-state index in [2.05, 4.69) is 73.4 Å². The van der Waals surface area contributed by atoms with Crippen LogP contribution < -0.4 is 0 Å². The van der Waals surface area contributed by atoms with Gasteiger partial charge in [-0.25, -0.2) is 4.99 Å². The van der Waals surface area contributed by atoms with E-state index < -0.39 is 0 Å². The van der Waals surface area contributed by atoms with E-state index in [9.17, 15) is 9.90 Å². The highest BCUT2D eigenvalue weighted by Crippen LogP contribution is 2.38. The Morgan fingerprint density at radius 2 is 0.929 bits per heavy atom. The molecule has 56 heavy (non-hydrogen) atoms. The van der Waals surface area contributed by atoms with Crippen LogP contribution in [0.2, 0.25) is 0 Å². The Bertz CT molecular complexity index is 2000. The number of aromatic hydroxyl groups is 1. The van der Waals surface area contributed by atoms with Crippen molar-refractivity contribution in [3.63, 3.8) is 0 Å². The molecule has 4 aromatic carbocycles. The minimum Gasteiger partial charge on any atom is -0.505 e. The first-order chi connectivity index (χ1) is 27.6. The zero-order valence-corrected chi connectivity index (χ0v) is 34.4. The standard InChI is InChI=1S/C52H66N2O2/c1-3-5-7-9-11-13-15-17-19-21-23-39-25-29-41(30-26-39)43-33-35-47-45(37-43)51(55)49(53-47)50-52(56)46-38-44(34-36-48(46)54-50)42-31-27-40(28-32-42)24-22-20-18-16-14-12-10-8-6-4-2/h25-38,53,55H,3-24H2,1-2H3. The smallest absolute Gasteiger partial charge is 0.215 e. The van der Waals surface area contributed by atoms with Crippen LogP contribution in [0, 0.1) is 0 Å². The van der Waals surface area contributed by atoms with Gasteiger partial charge in [0.2, 0.25) is 5.78 Å². The summed E-state index contributed by atoms with van der Waals surface area (Å²) in [5, 5.41) is 12.1. The third kappa shape index (κ3) is 11.3. The van der Waals surface area contributed by atoms with Crippen molar-refractivity contribution in [1.82, 2.24) is 4.98 Å². The summed E-state index contributed by atoms with van der Waals surface area (Å²) in [6.45, 7) is 4.55. The SMILES string of the molecule is CCCCCCCCCCCCc1ccc(-c2ccc3c(c2)C(=O)C(c2[nH]c4ccc(-c5ccc(CCCCCCCCCCCC)cc5)cc4c2O)=N3)cc1. The number of aromatic nitrogens is 1. The van der Waals surface area contributed by atoms with Gasteiger partial charge in [0, 0.05) is 10.9 Å². The number of aromatic amines is 1. The number of rotatable bonds is 25. The molecule has 0 spiro atoms. The fraction of sp³-hybridized carbons (Fsp3) is 0.462. The number of carbonyl (C=O) groups is 1. The predicted octanol–water partition coefficient (Wildman–Crippen LogP) is 15.5. The van der Waals surface area contributed by atoms with Gasteiger partial charge in [-0.1, -0.05) is 190 Å². The minimum absolute atomic E-state index is 0.0672. The topological polar surface area (TPSA) is 65.5 Å². The Morgan fingerprint density at radius 1 is 0.500 bits per heavy atom. The maximum Gasteiger partial charge on any atom is 0.215 e. The maximum absolute atomic E-state index is 13.8. The summed E-state index contributed by atoms with van der Waals surface area (Å²) in [6, 6.07) is 29.6. The lowest BCUT2D eigenvalue weighted by atomic mass is 9.97. The number of fused-ring (bicyclic) bond motifs is 2. The average Bonchev–Trinajstić information content (AvgIpc) is 3.74. The Labute approximate surface area is 337 Å². The molecule has 4 heteroatoms. The van der Waals surface area contributed by atoms with Gasteiger partial charge in [-0.15, -0.1) is 0 Å². The van der Waals surface area contributed by atoms with Crippen molar-refractivity contribution in [2.24, 2.45) is 4.99 Å². The summed E-state index contributed by atoms with van der Waals surface area (Å²) in [7, 11) is 0. The molecule has 0 aliphatic carbocycles. The van der Waals surface area contributed by atoms with Crippen LogP contribution in [0.25, 0.3) is 33.2 Å². The third-order valence-electron chi connectivity index (χ3n) is 11.9. The van der Waals surface area contributed by atoms with Gasteiger partial charge in [0.25, 0.3) is 0 Å². The average molecular weight is 751 g/mol. The van der Waals surface area contributed by atoms with Crippen LogP contribution in [0.1, 0.15) is 169 Å². The first kappa shape index (κ1) is 41.2. The zero-order chi connectivity index (χ0) is 39.0. The highest BCUT2D eigenvalue weighted by molar-refractivity contribution is 6.55. The number of unbranched alkanes of at least 4 members (excludes halogenated alkanes) is 18. The molecule has 0 saturated carbocycles. The first-order valence-electron chi connectivity index (χ1n) is 22.4. The van der Waals surface area contributed by atoms with Crippen molar-refractivity contribution >= 4 is 28.1 Å². The molecule has 2 heterocycles. The van der Waals surface area contributed by atoms with Crippen molar-refractivity contribution in [1.29, 1.82) is 0 Å². The summed E-state index contributed by atoms with van der Waals surface area (Å²) in [6.07, 6.45) is 29.3. The molecule has 6 rings (SSSR count). The number of hydrogen-bond donors (Lipinski definition) is 2. The lowest BCUT2D eigenvalue weighted by Crippen LogP contribution is -2.11. The second kappa shape index (κ2) is 21.8. The molecule has 0 unspecified atom stereocenters. The molecule has 1 aliphatic heterocycles. The van der Waals surface area contributed by atoms with E-state index >= 15 is 0 Å². The van der Waals surface area contributed by atoms with E-state index in [0.29, 0.717) is 22.3 Å². The number of ketones is 1. The molecule has 5 aromatic rings. The fourth-order valence-corrected chi connectivity index (χ4v) is 8.35. The Balaban J connectivity index is 0.993. The molecule has 0 bridgehead atoms. The van der Waals surface area contributed by atoms with Crippen molar-refractivity contribution < 1.29 is 9.90 Å². The molecule has 0 radical (unpaired) electrons. The van der Waals surface area contributed by atoms with Crippen LogP contribution >= 0.6 is 0 Å². The van der Waals surface area contributed by atoms with Gasteiger partial charge in [-0.2, -0.15) is 0 Å². The Morgan fingerprint density at radius 3 is 1.43 bits per heavy atom. The van der Waals surface area contributed by atoms with Gasteiger partial charge in [-0.05, 0) is 83.3 Å². The largest absolute Gasteiger partial charge is 0.505 e. The van der Waals surface area contributed by atoms with Gasteiger partial charge in [-0.3, -0.25) is 4.79 Å². The zero-order valence-electron chi connectivity index (χ0n) is 34.4. The van der Waals surface area contributed by atoms with Crippen molar-refractivity contribution in [3.8, 4) is 28.0 Å². The van der Waals surface area contributed by atoms with Crippen LogP contribution in [-0.2, 0) is 12.8 Å². The van der Waals surface area contributed by atoms with Crippen molar-refractivity contribution in [2.75, 3.05) is 0 Å². The van der Waals surface area contributed by atoms with Crippen LogP contribution in [0.5, 0.6) is 5.75 Å². The number of nitrogens with zero attached hydrogens (tertiary/aromatic N) is 1. The molecule has 1 aromatic heterocycles. The van der Waals surface area contributed by atoms with Gasteiger partial charge >= 0.3 is 0 Å². The molecule has 2 N–H and O–H groups in total. The highest BCUT2D eigenvalue weighted by atomic mass is 16.3. The molecule has 0 amide bonds. The van der Waals surface area contributed by atoms with Gasteiger partial charge in [0.15, 0.2) is 5.75 Å². The summed E-state index contributed by atoms with van der Waals surface area (Å²) < 4.78 is 0. The Kier molecular flexibility index (Phi) is 16.0. The maximum atomic E-state index is 13.8. The predicted molar refractivity (Wildman–Crippen MR) is 239 cm³/mol. The minimum atomic E-state index is -0.167.